The van der Waals surface area contributed by atoms with Crippen LogP contribution >= 0.6 is 0 Å². The Bertz CT molecular complexity index is 658. The van der Waals surface area contributed by atoms with Crippen molar-refractivity contribution in [2.75, 3.05) is 11.9 Å². The van der Waals surface area contributed by atoms with Gasteiger partial charge in [0.1, 0.15) is 5.82 Å². The van der Waals surface area contributed by atoms with Crippen molar-refractivity contribution in [3.63, 3.8) is 0 Å². The van der Waals surface area contributed by atoms with Crippen LogP contribution in [0.4, 0.5) is 10.1 Å². The van der Waals surface area contributed by atoms with Crippen LogP contribution in [0.15, 0.2) is 42.5 Å². The lowest BCUT2D eigenvalue weighted by atomic mass is 10.0. The number of nitriles is 1. The van der Waals surface area contributed by atoms with Crippen molar-refractivity contribution in [1.82, 2.24) is 0 Å². The van der Waals surface area contributed by atoms with Gasteiger partial charge in [-0.05, 0) is 43.7 Å². The van der Waals surface area contributed by atoms with E-state index in [2.05, 4.69) is 6.07 Å². The van der Waals surface area contributed by atoms with Crippen molar-refractivity contribution in [1.29, 1.82) is 5.26 Å². The normalized spacial score (nSPS) is 11.8. The Morgan fingerprint density at radius 2 is 1.90 bits per heavy atom. The predicted octanol–water partition coefficient (Wildman–Crippen LogP) is 4.20. The molecule has 2 aromatic carbocycles. The topological polar surface area (TPSA) is 27.0 Å². The van der Waals surface area contributed by atoms with Crippen LogP contribution in [0.3, 0.4) is 0 Å². The van der Waals surface area contributed by atoms with E-state index in [0.717, 1.165) is 11.3 Å². The maximum absolute atomic E-state index is 13.8. The van der Waals surface area contributed by atoms with Crippen molar-refractivity contribution in [3.8, 4) is 6.07 Å². The maximum Gasteiger partial charge on any atom is 0.128 e. The van der Waals surface area contributed by atoms with Crippen LogP contribution in [0.2, 0.25) is 0 Å². The van der Waals surface area contributed by atoms with Gasteiger partial charge in [-0.3, -0.25) is 0 Å². The molecule has 20 heavy (non-hydrogen) atoms. The van der Waals surface area contributed by atoms with Gasteiger partial charge in [0.25, 0.3) is 0 Å². The molecule has 0 aliphatic rings. The Hall–Kier alpha value is -2.34. The van der Waals surface area contributed by atoms with E-state index in [1.54, 1.807) is 18.2 Å². The molecule has 0 N–H and O–H groups in total. The van der Waals surface area contributed by atoms with Crippen LogP contribution in [0, 0.1) is 24.1 Å². The third-order valence-corrected chi connectivity index (χ3v) is 3.67. The van der Waals surface area contributed by atoms with Crippen LogP contribution in [-0.4, -0.2) is 7.05 Å². The highest BCUT2D eigenvalue weighted by Gasteiger charge is 2.16. The van der Waals surface area contributed by atoms with Gasteiger partial charge >= 0.3 is 0 Å². The number of hydrogen-bond acceptors (Lipinski definition) is 2. The number of halogens is 1. The summed E-state index contributed by atoms with van der Waals surface area (Å²) in [7, 11) is 1.93. The highest BCUT2D eigenvalue weighted by molar-refractivity contribution is 5.54. The molecule has 102 valence electrons. The molecule has 0 aliphatic carbocycles. The Labute approximate surface area is 119 Å². The lowest BCUT2D eigenvalue weighted by molar-refractivity contribution is 0.585. The van der Waals surface area contributed by atoms with Gasteiger partial charge in [-0.1, -0.05) is 18.2 Å². The quantitative estimate of drug-likeness (QED) is 0.834. The van der Waals surface area contributed by atoms with E-state index in [-0.39, 0.29) is 11.9 Å². The summed E-state index contributed by atoms with van der Waals surface area (Å²) >= 11 is 0. The average molecular weight is 268 g/mol. The summed E-state index contributed by atoms with van der Waals surface area (Å²) in [6, 6.07) is 14.5. The molecule has 2 nitrogen and oxygen atoms in total. The smallest absolute Gasteiger partial charge is 0.128 e. The zero-order valence-corrected chi connectivity index (χ0v) is 11.9. The Morgan fingerprint density at radius 1 is 1.20 bits per heavy atom. The van der Waals surface area contributed by atoms with Gasteiger partial charge in [0.05, 0.1) is 17.7 Å². The second kappa shape index (κ2) is 5.75. The Kier molecular flexibility index (Phi) is 4.05. The van der Waals surface area contributed by atoms with Crippen molar-refractivity contribution in [2.45, 2.75) is 19.9 Å². The minimum absolute atomic E-state index is 0.0801. The summed E-state index contributed by atoms with van der Waals surface area (Å²) in [5.41, 5.74) is 3.23. The molecular weight excluding hydrogens is 251 g/mol. The molecule has 2 rings (SSSR count). The zero-order valence-electron chi connectivity index (χ0n) is 11.9. The largest absolute Gasteiger partial charge is 0.368 e. The van der Waals surface area contributed by atoms with E-state index in [9.17, 15) is 4.39 Å². The monoisotopic (exact) mass is 268 g/mol. The second-order valence-electron chi connectivity index (χ2n) is 4.92. The fourth-order valence-corrected chi connectivity index (χ4v) is 2.24. The molecule has 3 heteroatoms. The maximum atomic E-state index is 13.8. The molecule has 0 radical (unpaired) electrons. The van der Waals surface area contributed by atoms with E-state index in [0.29, 0.717) is 11.1 Å². The minimum atomic E-state index is -0.197. The fraction of sp³-hybridized carbons (Fsp3) is 0.235. The van der Waals surface area contributed by atoms with Gasteiger partial charge in [0, 0.05) is 18.3 Å². The SMILES string of the molecule is Cc1cc(N(C)C(C)c2ccccc2F)ccc1C#N. The molecule has 1 atom stereocenters. The molecule has 0 saturated carbocycles. The highest BCUT2D eigenvalue weighted by atomic mass is 19.1. The summed E-state index contributed by atoms with van der Waals surface area (Å²) < 4.78 is 13.8. The van der Waals surface area contributed by atoms with Gasteiger partial charge in [0.15, 0.2) is 0 Å². The summed E-state index contributed by atoms with van der Waals surface area (Å²) in [4.78, 5) is 2.01. The van der Waals surface area contributed by atoms with E-state index >= 15 is 0 Å². The minimum Gasteiger partial charge on any atom is -0.368 e. The van der Waals surface area contributed by atoms with Crippen LogP contribution < -0.4 is 4.90 Å². The lowest BCUT2D eigenvalue weighted by Crippen LogP contribution is -2.22. The lowest BCUT2D eigenvalue weighted by Gasteiger charge is -2.28. The van der Waals surface area contributed by atoms with Gasteiger partial charge in [-0.25, -0.2) is 4.39 Å². The van der Waals surface area contributed by atoms with Gasteiger partial charge < -0.3 is 4.90 Å². The van der Waals surface area contributed by atoms with Crippen molar-refractivity contribution < 1.29 is 4.39 Å². The average Bonchev–Trinajstić information content (AvgIpc) is 2.46. The van der Waals surface area contributed by atoms with E-state index in [1.807, 2.05) is 44.0 Å². The number of benzene rings is 2. The predicted molar refractivity (Wildman–Crippen MR) is 79.1 cm³/mol. The zero-order chi connectivity index (χ0) is 14.7. The molecule has 2 aromatic rings. The Morgan fingerprint density at radius 3 is 2.50 bits per heavy atom. The summed E-state index contributed by atoms with van der Waals surface area (Å²) in [5, 5.41) is 8.96. The van der Waals surface area contributed by atoms with Gasteiger partial charge in [0.2, 0.25) is 0 Å². The second-order valence-corrected chi connectivity index (χ2v) is 4.92. The molecule has 0 bridgehead atoms. The molecular formula is C17H17FN2. The number of rotatable bonds is 3. The number of nitrogens with zero attached hydrogens (tertiary/aromatic N) is 2. The van der Waals surface area contributed by atoms with Crippen LogP contribution in [0.25, 0.3) is 0 Å². The number of anilines is 1. The molecule has 0 heterocycles. The molecule has 0 fully saturated rings. The van der Waals surface area contributed by atoms with E-state index < -0.39 is 0 Å². The molecule has 0 amide bonds. The fourth-order valence-electron chi connectivity index (χ4n) is 2.24. The van der Waals surface area contributed by atoms with Gasteiger partial charge in [-0.15, -0.1) is 0 Å². The van der Waals surface area contributed by atoms with Crippen molar-refractivity contribution >= 4 is 5.69 Å². The van der Waals surface area contributed by atoms with Gasteiger partial charge in [-0.2, -0.15) is 5.26 Å². The van der Waals surface area contributed by atoms with E-state index in [4.69, 9.17) is 5.26 Å². The first-order valence-electron chi connectivity index (χ1n) is 6.52. The van der Waals surface area contributed by atoms with Crippen LogP contribution in [-0.2, 0) is 0 Å². The first kappa shape index (κ1) is 14.1. The Balaban J connectivity index is 2.32. The summed E-state index contributed by atoms with van der Waals surface area (Å²) in [5.74, 6) is -0.197. The molecule has 0 aromatic heterocycles. The molecule has 0 saturated heterocycles. The number of aryl methyl sites for hydroxylation is 1. The van der Waals surface area contributed by atoms with Crippen molar-refractivity contribution in [3.05, 3.63) is 65.0 Å². The standard InChI is InChI=1S/C17H17FN2/c1-12-10-15(9-8-14(12)11-19)20(3)13(2)16-6-4-5-7-17(16)18/h4-10,13H,1-3H3. The van der Waals surface area contributed by atoms with Crippen LogP contribution in [0.1, 0.15) is 29.7 Å². The van der Waals surface area contributed by atoms with E-state index in [1.165, 1.54) is 6.07 Å². The number of hydrogen-bond donors (Lipinski definition) is 0. The first-order valence-corrected chi connectivity index (χ1v) is 6.52. The molecule has 0 spiro atoms. The molecule has 1 unspecified atom stereocenters. The van der Waals surface area contributed by atoms with Crippen LogP contribution in [0.5, 0.6) is 0 Å². The molecule has 0 aliphatic heterocycles. The first-order chi connectivity index (χ1) is 9.54. The highest BCUT2D eigenvalue weighted by Crippen LogP contribution is 2.28. The third kappa shape index (κ3) is 2.65. The van der Waals surface area contributed by atoms with Crippen molar-refractivity contribution in [2.24, 2.45) is 0 Å². The summed E-state index contributed by atoms with van der Waals surface area (Å²) in [6.45, 7) is 3.87. The third-order valence-electron chi connectivity index (χ3n) is 3.67. The summed E-state index contributed by atoms with van der Waals surface area (Å²) in [6.07, 6.45) is 0.